The highest BCUT2D eigenvalue weighted by Gasteiger charge is 2.31. The lowest BCUT2D eigenvalue weighted by atomic mass is 9.98. The van der Waals surface area contributed by atoms with Gasteiger partial charge in [-0.25, -0.2) is 4.79 Å². The Bertz CT molecular complexity index is 551. The Morgan fingerprint density at radius 3 is 1.96 bits per heavy atom. The number of rotatable bonds is 12. The summed E-state index contributed by atoms with van der Waals surface area (Å²) in [6.45, 7) is 3.36. The second kappa shape index (κ2) is 11.0. The van der Waals surface area contributed by atoms with E-state index in [1.54, 1.807) is 13.8 Å². The number of carboxylic acids is 3. The summed E-state index contributed by atoms with van der Waals surface area (Å²) in [7, 11) is 0. The van der Waals surface area contributed by atoms with E-state index < -0.39 is 66.6 Å². The Balaban J connectivity index is 5.17. The van der Waals surface area contributed by atoms with Gasteiger partial charge < -0.3 is 31.7 Å². The molecule has 0 aromatic heterocycles. The number of carbonyl (C=O) groups is 5. The van der Waals surface area contributed by atoms with Gasteiger partial charge in [0.05, 0.1) is 12.5 Å². The summed E-state index contributed by atoms with van der Waals surface area (Å²) in [6, 6.07) is -4.01. The molecule has 11 nitrogen and oxygen atoms in total. The zero-order chi connectivity index (χ0) is 20.4. The highest BCUT2D eigenvalue weighted by molar-refractivity contribution is 5.93. The van der Waals surface area contributed by atoms with Crippen molar-refractivity contribution in [2.45, 2.75) is 57.7 Å². The van der Waals surface area contributed by atoms with Crippen molar-refractivity contribution in [1.29, 1.82) is 0 Å². The summed E-state index contributed by atoms with van der Waals surface area (Å²) in [4.78, 5) is 56.9. The third-order valence-corrected chi connectivity index (χ3v) is 3.79. The molecular formula is C15H25N3O8. The van der Waals surface area contributed by atoms with E-state index in [1.807, 2.05) is 0 Å². The molecule has 0 aliphatic carbocycles. The number of amides is 2. The summed E-state index contributed by atoms with van der Waals surface area (Å²) < 4.78 is 0. The van der Waals surface area contributed by atoms with Crippen LogP contribution in [-0.4, -0.2) is 63.2 Å². The first-order valence-corrected chi connectivity index (χ1v) is 8.02. The van der Waals surface area contributed by atoms with Crippen LogP contribution in [0.25, 0.3) is 0 Å². The molecule has 0 radical (unpaired) electrons. The molecule has 2 amide bonds. The van der Waals surface area contributed by atoms with Crippen LogP contribution in [-0.2, 0) is 24.0 Å². The molecule has 0 aromatic carbocycles. The fourth-order valence-electron chi connectivity index (χ4n) is 2.03. The van der Waals surface area contributed by atoms with Crippen molar-refractivity contribution < 1.29 is 39.3 Å². The Kier molecular flexibility index (Phi) is 9.89. The van der Waals surface area contributed by atoms with Gasteiger partial charge >= 0.3 is 17.9 Å². The van der Waals surface area contributed by atoms with Gasteiger partial charge in [-0.05, 0) is 12.3 Å². The van der Waals surface area contributed by atoms with Crippen LogP contribution in [0.4, 0.5) is 0 Å². The van der Waals surface area contributed by atoms with Gasteiger partial charge in [-0.2, -0.15) is 0 Å². The molecule has 0 bridgehead atoms. The topological polar surface area (TPSA) is 196 Å². The van der Waals surface area contributed by atoms with Crippen LogP contribution in [0.1, 0.15) is 39.5 Å². The minimum absolute atomic E-state index is 0.306. The SMILES string of the molecule is CCC(C)C(NC(=O)C(CCC(=O)O)NC(=O)C(N)CC(=O)O)C(=O)O. The molecule has 0 aliphatic rings. The predicted molar refractivity (Wildman–Crippen MR) is 88.1 cm³/mol. The predicted octanol–water partition coefficient (Wildman–Crippen LogP) is -1.25. The van der Waals surface area contributed by atoms with Crippen molar-refractivity contribution in [2.24, 2.45) is 11.7 Å². The van der Waals surface area contributed by atoms with Gasteiger partial charge in [0.2, 0.25) is 11.8 Å². The van der Waals surface area contributed by atoms with Gasteiger partial charge in [0.25, 0.3) is 0 Å². The Labute approximate surface area is 149 Å². The van der Waals surface area contributed by atoms with Crippen LogP contribution in [0.2, 0.25) is 0 Å². The standard InChI is InChI=1S/C15H25N3O8/c1-3-7(2)12(15(25)26)18-14(24)9(4-5-10(19)20)17-13(23)8(16)6-11(21)22/h7-9,12H,3-6,16H2,1-2H3,(H,17,23)(H,18,24)(H,19,20)(H,21,22)(H,25,26). The zero-order valence-corrected chi connectivity index (χ0v) is 14.6. The molecule has 4 unspecified atom stereocenters. The van der Waals surface area contributed by atoms with E-state index in [0.717, 1.165) is 0 Å². The molecule has 4 atom stereocenters. The maximum absolute atomic E-state index is 12.3. The average molecular weight is 375 g/mol. The van der Waals surface area contributed by atoms with Crippen LogP contribution >= 0.6 is 0 Å². The van der Waals surface area contributed by atoms with Crippen molar-refractivity contribution in [3.05, 3.63) is 0 Å². The Morgan fingerprint density at radius 2 is 1.54 bits per heavy atom. The second-order valence-electron chi connectivity index (χ2n) is 5.91. The van der Waals surface area contributed by atoms with Crippen molar-refractivity contribution in [3.8, 4) is 0 Å². The third kappa shape index (κ3) is 8.42. The first-order chi connectivity index (χ1) is 12.0. The van der Waals surface area contributed by atoms with Crippen LogP contribution in [0.15, 0.2) is 0 Å². The number of nitrogens with two attached hydrogens (primary N) is 1. The van der Waals surface area contributed by atoms with Crippen LogP contribution in [0.5, 0.6) is 0 Å². The van der Waals surface area contributed by atoms with Gasteiger partial charge in [-0.1, -0.05) is 20.3 Å². The molecule has 26 heavy (non-hydrogen) atoms. The maximum Gasteiger partial charge on any atom is 0.326 e. The summed E-state index contributed by atoms with van der Waals surface area (Å²) in [6.07, 6.45) is -0.982. The van der Waals surface area contributed by atoms with Crippen molar-refractivity contribution >= 4 is 29.7 Å². The quantitative estimate of drug-likeness (QED) is 0.241. The normalized spacial score (nSPS) is 15.2. The fourth-order valence-corrected chi connectivity index (χ4v) is 2.03. The maximum atomic E-state index is 12.3. The minimum atomic E-state index is -1.43. The summed E-state index contributed by atoms with van der Waals surface area (Å²) >= 11 is 0. The molecule has 0 aliphatic heterocycles. The van der Waals surface area contributed by atoms with Crippen molar-refractivity contribution in [2.75, 3.05) is 0 Å². The largest absolute Gasteiger partial charge is 0.481 e. The molecule has 11 heteroatoms. The van der Waals surface area contributed by atoms with E-state index in [0.29, 0.717) is 6.42 Å². The first-order valence-electron chi connectivity index (χ1n) is 8.02. The molecule has 0 saturated heterocycles. The number of carboxylic acid groups (broad SMARTS) is 3. The van der Waals surface area contributed by atoms with E-state index in [-0.39, 0.29) is 6.42 Å². The zero-order valence-electron chi connectivity index (χ0n) is 14.6. The Hall–Kier alpha value is -2.69. The van der Waals surface area contributed by atoms with E-state index in [2.05, 4.69) is 10.6 Å². The lowest BCUT2D eigenvalue weighted by Crippen LogP contribution is -2.55. The lowest BCUT2D eigenvalue weighted by Gasteiger charge is -2.24. The van der Waals surface area contributed by atoms with Crippen LogP contribution in [0.3, 0.4) is 0 Å². The lowest BCUT2D eigenvalue weighted by molar-refractivity contribution is -0.144. The average Bonchev–Trinajstić information content (AvgIpc) is 2.53. The van der Waals surface area contributed by atoms with Gasteiger partial charge in [0.1, 0.15) is 12.1 Å². The van der Waals surface area contributed by atoms with Crippen molar-refractivity contribution in [1.82, 2.24) is 10.6 Å². The molecule has 148 valence electrons. The summed E-state index contributed by atoms with van der Waals surface area (Å²) in [5.74, 6) is -6.03. The molecule has 7 N–H and O–H groups in total. The molecule has 0 saturated carbocycles. The minimum Gasteiger partial charge on any atom is -0.481 e. The molecule has 0 heterocycles. The number of hydrogen-bond donors (Lipinski definition) is 6. The second-order valence-corrected chi connectivity index (χ2v) is 5.91. The van der Waals surface area contributed by atoms with E-state index in [1.165, 1.54) is 0 Å². The van der Waals surface area contributed by atoms with Gasteiger partial charge in [-0.3, -0.25) is 19.2 Å². The third-order valence-electron chi connectivity index (χ3n) is 3.79. The van der Waals surface area contributed by atoms with Crippen LogP contribution in [0, 0.1) is 5.92 Å². The monoisotopic (exact) mass is 375 g/mol. The first kappa shape index (κ1) is 23.3. The number of carbonyl (C=O) groups excluding carboxylic acids is 2. The van der Waals surface area contributed by atoms with Gasteiger partial charge in [-0.15, -0.1) is 0 Å². The molecular weight excluding hydrogens is 350 g/mol. The highest BCUT2D eigenvalue weighted by Crippen LogP contribution is 2.09. The number of hydrogen-bond acceptors (Lipinski definition) is 6. The van der Waals surface area contributed by atoms with E-state index in [9.17, 15) is 29.1 Å². The summed E-state index contributed by atoms with van der Waals surface area (Å²) in [5.41, 5.74) is 5.41. The fraction of sp³-hybridized carbons (Fsp3) is 0.667. The van der Waals surface area contributed by atoms with Crippen molar-refractivity contribution in [3.63, 3.8) is 0 Å². The Morgan fingerprint density at radius 1 is 0.962 bits per heavy atom. The molecule has 0 rings (SSSR count). The molecule has 0 aromatic rings. The van der Waals surface area contributed by atoms with Crippen LogP contribution < -0.4 is 16.4 Å². The number of aliphatic carboxylic acids is 3. The van der Waals surface area contributed by atoms with Gasteiger partial charge in [0, 0.05) is 6.42 Å². The molecule has 0 fully saturated rings. The molecule has 0 spiro atoms. The van der Waals surface area contributed by atoms with E-state index >= 15 is 0 Å². The number of nitrogens with one attached hydrogen (secondary N) is 2. The summed E-state index contributed by atoms with van der Waals surface area (Å²) in [5, 5.41) is 31.1. The van der Waals surface area contributed by atoms with Gasteiger partial charge in [0.15, 0.2) is 0 Å². The smallest absolute Gasteiger partial charge is 0.326 e. The highest BCUT2D eigenvalue weighted by atomic mass is 16.4. The van der Waals surface area contributed by atoms with E-state index in [4.69, 9.17) is 15.9 Å².